The van der Waals surface area contributed by atoms with Crippen molar-refractivity contribution in [2.24, 2.45) is 0 Å². The van der Waals surface area contributed by atoms with E-state index in [1.54, 1.807) is 6.07 Å². The second-order valence-electron chi connectivity index (χ2n) is 9.02. The molecule has 6 heteroatoms. The van der Waals surface area contributed by atoms with Crippen LogP contribution in [-0.2, 0) is 0 Å². The molecule has 6 nitrogen and oxygen atoms in total. The lowest BCUT2D eigenvalue weighted by Gasteiger charge is -2.05. The molecule has 6 aromatic rings. The minimum Gasteiger partial charge on any atom is -0.359 e. The van der Waals surface area contributed by atoms with Gasteiger partial charge in [0, 0.05) is 44.8 Å². The van der Waals surface area contributed by atoms with E-state index in [1.165, 1.54) is 28.2 Å². The first-order valence-corrected chi connectivity index (χ1v) is 11.5. The van der Waals surface area contributed by atoms with Gasteiger partial charge in [-0.1, -0.05) is 41.5 Å². The van der Waals surface area contributed by atoms with Gasteiger partial charge in [0.25, 0.3) is 5.69 Å². The van der Waals surface area contributed by atoms with Gasteiger partial charge >= 0.3 is 0 Å². The Labute approximate surface area is 202 Å². The summed E-state index contributed by atoms with van der Waals surface area (Å²) >= 11 is 0. The fourth-order valence-electron chi connectivity index (χ4n) is 4.59. The van der Waals surface area contributed by atoms with Crippen molar-refractivity contribution in [3.05, 3.63) is 105 Å². The van der Waals surface area contributed by atoms with E-state index in [0.717, 1.165) is 38.8 Å². The number of rotatable bonds is 2. The lowest BCUT2D eigenvalue weighted by Crippen LogP contribution is -1.93. The molecule has 0 unspecified atom stereocenters. The highest BCUT2D eigenvalue weighted by Gasteiger charge is 2.16. The molecule has 0 fully saturated rings. The van der Waals surface area contributed by atoms with Crippen molar-refractivity contribution >= 4 is 38.4 Å². The SMILES string of the molecule is Cc1ccc2[nH]c(C)c(-c3ccc4cccc([N+](=O)[O-])c4n3)c2c1.Cc1ccc2[nH]c(C)cc2c1. The van der Waals surface area contributed by atoms with Crippen molar-refractivity contribution in [2.75, 3.05) is 0 Å². The predicted octanol–water partition coefficient (Wildman–Crippen LogP) is 7.69. The van der Waals surface area contributed by atoms with Crippen LogP contribution < -0.4 is 0 Å². The molecule has 0 saturated carbocycles. The molecule has 0 spiro atoms. The summed E-state index contributed by atoms with van der Waals surface area (Å²) in [5, 5.41) is 14.5. The number of hydrogen-bond donors (Lipinski definition) is 2. The van der Waals surface area contributed by atoms with Crippen molar-refractivity contribution in [3.63, 3.8) is 0 Å². The Morgan fingerprint density at radius 1 is 0.771 bits per heavy atom. The zero-order chi connectivity index (χ0) is 24.7. The van der Waals surface area contributed by atoms with E-state index >= 15 is 0 Å². The number of nitrogens with one attached hydrogen (secondary N) is 2. The molecule has 2 N–H and O–H groups in total. The molecule has 0 amide bonds. The van der Waals surface area contributed by atoms with Gasteiger partial charge in [-0.3, -0.25) is 10.1 Å². The molecule has 0 bridgehead atoms. The number of aromatic amines is 2. The van der Waals surface area contributed by atoms with E-state index in [0.29, 0.717) is 5.52 Å². The van der Waals surface area contributed by atoms with Gasteiger partial charge in [0.05, 0.1) is 10.6 Å². The lowest BCUT2D eigenvalue weighted by atomic mass is 10.0. The lowest BCUT2D eigenvalue weighted by molar-refractivity contribution is -0.383. The fourth-order valence-corrected chi connectivity index (χ4v) is 4.59. The number of aryl methyl sites for hydroxylation is 4. The largest absolute Gasteiger partial charge is 0.359 e. The van der Waals surface area contributed by atoms with E-state index in [-0.39, 0.29) is 10.6 Å². The zero-order valence-corrected chi connectivity index (χ0v) is 20.1. The van der Waals surface area contributed by atoms with Crippen molar-refractivity contribution in [1.29, 1.82) is 0 Å². The number of nitrogens with zero attached hydrogens (tertiary/aromatic N) is 2. The molecule has 0 radical (unpaired) electrons. The van der Waals surface area contributed by atoms with E-state index in [2.05, 4.69) is 65.2 Å². The quantitative estimate of drug-likeness (QED) is 0.204. The normalized spacial score (nSPS) is 11.1. The van der Waals surface area contributed by atoms with Crippen LogP contribution in [0.15, 0.2) is 72.8 Å². The van der Waals surface area contributed by atoms with Gasteiger partial charge in [-0.15, -0.1) is 0 Å². The number of H-pyrrole nitrogens is 2. The average molecular weight is 463 g/mol. The number of benzene rings is 3. The molecule has 0 atom stereocenters. The molecule has 3 aromatic heterocycles. The first kappa shape index (κ1) is 22.3. The molecule has 0 aliphatic carbocycles. The highest BCUT2D eigenvalue weighted by atomic mass is 16.6. The number of hydrogen-bond acceptors (Lipinski definition) is 3. The highest BCUT2D eigenvalue weighted by molar-refractivity contribution is 5.98. The summed E-state index contributed by atoms with van der Waals surface area (Å²) in [6, 6.07) is 23.6. The number of para-hydroxylation sites is 1. The van der Waals surface area contributed by atoms with E-state index in [1.807, 2.05) is 38.1 Å². The summed E-state index contributed by atoms with van der Waals surface area (Å²) in [5.74, 6) is 0. The Bertz CT molecular complexity index is 1730. The molecule has 3 heterocycles. The number of aromatic nitrogens is 3. The summed E-state index contributed by atoms with van der Waals surface area (Å²) in [5.41, 5.74) is 9.16. The Balaban J connectivity index is 0.000000192. The maximum atomic E-state index is 11.3. The van der Waals surface area contributed by atoms with Crippen LogP contribution in [-0.4, -0.2) is 19.9 Å². The number of nitro benzene ring substituents is 1. The van der Waals surface area contributed by atoms with Crippen LogP contribution in [0, 0.1) is 37.8 Å². The maximum Gasteiger partial charge on any atom is 0.295 e. The molecular weight excluding hydrogens is 436 g/mol. The Hall–Kier alpha value is -4.45. The molecular formula is C29H26N4O2. The smallest absolute Gasteiger partial charge is 0.295 e. The predicted molar refractivity (Wildman–Crippen MR) is 143 cm³/mol. The molecule has 6 rings (SSSR count). The Kier molecular flexibility index (Phi) is 5.57. The Morgan fingerprint density at radius 3 is 2.29 bits per heavy atom. The minimum atomic E-state index is -0.384. The summed E-state index contributed by atoms with van der Waals surface area (Å²) in [6.07, 6.45) is 0. The third kappa shape index (κ3) is 4.26. The topological polar surface area (TPSA) is 87.6 Å². The first-order chi connectivity index (χ1) is 16.8. The molecule has 0 aliphatic heterocycles. The van der Waals surface area contributed by atoms with Crippen molar-refractivity contribution in [3.8, 4) is 11.3 Å². The maximum absolute atomic E-state index is 11.3. The first-order valence-electron chi connectivity index (χ1n) is 11.5. The molecule has 0 saturated heterocycles. The summed E-state index contributed by atoms with van der Waals surface area (Å²) in [6.45, 7) is 8.23. The van der Waals surface area contributed by atoms with E-state index in [9.17, 15) is 10.1 Å². The van der Waals surface area contributed by atoms with Gasteiger partial charge in [0.1, 0.15) is 5.52 Å². The fraction of sp³-hybridized carbons (Fsp3) is 0.138. The van der Waals surface area contributed by atoms with Crippen LogP contribution in [0.2, 0.25) is 0 Å². The van der Waals surface area contributed by atoms with Crippen LogP contribution in [0.4, 0.5) is 5.69 Å². The monoisotopic (exact) mass is 462 g/mol. The number of pyridine rings is 1. The van der Waals surface area contributed by atoms with Crippen LogP contribution >= 0.6 is 0 Å². The molecule has 35 heavy (non-hydrogen) atoms. The average Bonchev–Trinajstić information content (AvgIpc) is 3.35. The summed E-state index contributed by atoms with van der Waals surface area (Å²) < 4.78 is 0. The highest BCUT2D eigenvalue weighted by Crippen LogP contribution is 2.34. The van der Waals surface area contributed by atoms with Crippen LogP contribution in [0.25, 0.3) is 44.0 Å². The number of non-ortho nitro benzene ring substituents is 1. The Morgan fingerprint density at radius 2 is 1.51 bits per heavy atom. The second kappa shape index (κ2) is 8.72. The zero-order valence-electron chi connectivity index (χ0n) is 20.1. The van der Waals surface area contributed by atoms with Gasteiger partial charge in [0.2, 0.25) is 0 Å². The van der Waals surface area contributed by atoms with Gasteiger partial charge in [-0.25, -0.2) is 4.98 Å². The van der Waals surface area contributed by atoms with Gasteiger partial charge in [0.15, 0.2) is 0 Å². The third-order valence-electron chi connectivity index (χ3n) is 6.20. The van der Waals surface area contributed by atoms with Crippen LogP contribution in [0.1, 0.15) is 22.5 Å². The van der Waals surface area contributed by atoms with Crippen molar-refractivity contribution < 1.29 is 4.92 Å². The van der Waals surface area contributed by atoms with E-state index in [4.69, 9.17) is 0 Å². The number of nitro groups is 1. The standard InChI is InChI=1S/C19H15N3O2.C10H11N/c1-11-6-8-15-14(10-11)18(12(2)20-15)16-9-7-13-4-3-5-17(22(23)24)19(13)21-16;1-7-3-4-10-9(5-7)6-8(2)11-10/h3-10,20H,1-2H3;3-6,11H,1-2H3. The van der Waals surface area contributed by atoms with Crippen LogP contribution in [0.3, 0.4) is 0 Å². The van der Waals surface area contributed by atoms with Crippen molar-refractivity contribution in [2.45, 2.75) is 27.7 Å². The van der Waals surface area contributed by atoms with Gasteiger partial charge < -0.3 is 9.97 Å². The van der Waals surface area contributed by atoms with Gasteiger partial charge in [-0.2, -0.15) is 0 Å². The summed E-state index contributed by atoms with van der Waals surface area (Å²) in [4.78, 5) is 22.2. The summed E-state index contributed by atoms with van der Waals surface area (Å²) in [7, 11) is 0. The number of fused-ring (bicyclic) bond motifs is 3. The molecule has 0 aliphatic rings. The minimum absolute atomic E-state index is 0.0306. The molecule has 3 aromatic carbocycles. The van der Waals surface area contributed by atoms with Crippen LogP contribution in [0.5, 0.6) is 0 Å². The van der Waals surface area contributed by atoms with Crippen molar-refractivity contribution in [1.82, 2.24) is 15.0 Å². The second-order valence-corrected chi connectivity index (χ2v) is 9.02. The van der Waals surface area contributed by atoms with Gasteiger partial charge in [-0.05, 0) is 69.5 Å². The third-order valence-corrected chi connectivity index (χ3v) is 6.20. The van der Waals surface area contributed by atoms with E-state index < -0.39 is 0 Å². The molecule has 174 valence electrons.